The van der Waals surface area contributed by atoms with Crippen molar-refractivity contribution in [2.75, 3.05) is 6.54 Å². The molecule has 3 aromatic rings. The first-order valence-corrected chi connectivity index (χ1v) is 8.52. The number of aromatic nitrogens is 1. The Morgan fingerprint density at radius 1 is 1.04 bits per heavy atom. The number of amides is 1. The Balaban J connectivity index is 1.54. The molecular weight excluding hydrogens is 296 g/mol. The van der Waals surface area contributed by atoms with Crippen LogP contribution in [0, 0.1) is 13.8 Å². The van der Waals surface area contributed by atoms with Crippen LogP contribution in [-0.2, 0) is 17.6 Å². The van der Waals surface area contributed by atoms with Crippen molar-refractivity contribution in [3.05, 3.63) is 70.9 Å². The second-order valence-corrected chi connectivity index (χ2v) is 6.36. The Morgan fingerprint density at radius 2 is 1.83 bits per heavy atom. The Morgan fingerprint density at radius 3 is 2.62 bits per heavy atom. The molecule has 0 aliphatic carbocycles. The van der Waals surface area contributed by atoms with Gasteiger partial charge in [0.1, 0.15) is 0 Å². The van der Waals surface area contributed by atoms with Crippen molar-refractivity contribution < 1.29 is 4.79 Å². The molecule has 1 amide bonds. The minimum Gasteiger partial charge on any atom is -0.358 e. The van der Waals surface area contributed by atoms with Crippen LogP contribution in [0.5, 0.6) is 0 Å². The molecule has 24 heavy (non-hydrogen) atoms. The second kappa shape index (κ2) is 7.35. The van der Waals surface area contributed by atoms with E-state index in [-0.39, 0.29) is 5.91 Å². The lowest BCUT2D eigenvalue weighted by atomic mass is 10.1. The van der Waals surface area contributed by atoms with Gasteiger partial charge in [-0.05, 0) is 49.9 Å². The normalized spacial score (nSPS) is 10.9. The third-order valence-electron chi connectivity index (χ3n) is 4.46. The first kappa shape index (κ1) is 16.3. The number of aromatic amines is 1. The largest absolute Gasteiger partial charge is 0.358 e. The number of hydrogen-bond acceptors (Lipinski definition) is 1. The van der Waals surface area contributed by atoms with Crippen molar-refractivity contribution in [3.63, 3.8) is 0 Å². The molecule has 0 saturated carbocycles. The van der Waals surface area contributed by atoms with E-state index in [2.05, 4.69) is 54.5 Å². The number of hydrogen-bond donors (Lipinski definition) is 2. The lowest BCUT2D eigenvalue weighted by molar-refractivity contribution is -0.121. The summed E-state index contributed by atoms with van der Waals surface area (Å²) in [4.78, 5) is 15.5. The number of carbonyl (C=O) groups excluding carboxylic acids is 1. The van der Waals surface area contributed by atoms with Crippen LogP contribution in [0.3, 0.4) is 0 Å². The van der Waals surface area contributed by atoms with Crippen molar-refractivity contribution in [2.45, 2.75) is 33.1 Å². The summed E-state index contributed by atoms with van der Waals surface area (Å²) < 4.78 is 0. The van der Waals surface area contributed by atoms with E-state index in [9.17, 15) is 4.79 Å². The molecule has 1 aromatic heterocycles. The molecule has 0 unspecified atom stereocenters. The molecule has 0 radical (unpaired) electrons. The van der Waals surface area contributed by atoms with E-state index in [1.165, 1.54) is 33.3 Å². The molecule has 124 valence electrons. The standard InChI is InChI=1S/C21H24N2O/c1-15-8-10-20-19(14-15)18(16(2)23-20)12-13-22-21(24)11-9-17-6-4-3-5-7-17/h3-8,10,14,23H,9,11-13H2,1-2H3,(H,22,24). The van der Waals surface area contributed by atoms with Gasteiger partial charge in [-0.25, -0.2) is 0 Å². The van der Waals surface area contributed by atoms with Gasteiger partial charge in [-0.15, -0.1) is 0 Å². The topological polar surface area (TPSA) is 44.9 Å². The zero-order chi connectivity index (χ0) is 16.9. The van der Waals surface area contributed by atoms with Gasteiger partial charge in [-0.2, -0.15) is 0 Å². The van der Waals surface area contributed by atoms with Crippen LogP contribution in [0.2, 0.25) is 0 Å². The zero-order valence-corrected chi connectivity index (χ0v) is 14.4. The number of fused-ring (bicyclic) bond motifs is 1. The van der Waals surface area contributed by atoms with Crippen molar-refractivity contribution in [2.24, 2.45) is 0 Å². The Labute approximate surface area is 143 Å². The van der Waals surface area contributed by atoms with E-state index < -0.39 is 0 Å². The molecule has 2 N–H and O–H groups in total. The molecule has 1 heterocycles. The van der Waals surface area contributed by atoms with Crippen molar-refractivity contribution in [1.82, 2.24) is 10.3 Å². The van der Waals surface area contributed by atoms with Gasteiger partial charge in [-0.3, -0.25) is 4.79 Å². The first-order valence-electron chi connectivity index (χ1n) is 8.52. The van der Waals surface area contributed by atoms with Crippen LogP contribution in [0.4, 0.5) is 0 Å². The predicted molar refractivity (Wildman–Crippen MR) is 99.2 cm³/mol. The predicted octanol–water partition coefficient (Wildman–Crippen LogP) is 4.08. The Kier molecular flexibility index (Phi) is 4.99. The SMILES string of the molecule is Cc1ccc2[nH]c(C)c(CCNC(=O)CCc3ccccc3)c2c1. The van der Waals surface area contributed by atoms with E-state index in [0.29, 0.717) is 13.0 Å². The molecule has 0 bridgehead atoms. The van der Waals surface area contributed by atoms with Gasteiger partial charge in [0.25, 0.3) is 0 Å². The molecule has 0 saturated heterocycles. The molecule has 0 aliphatic rings. The zero-order valence-electron chi connectivity index (χ0n) is 14.4. The van der Waals surface area contributed by atoms with E-state index in [1.54, 1.807) is 0 Å². The number of benzene rings is 2. The van der Waals surface area contributed by atoms with Crippen molar-refractivity contribution in [1.29, 1.82) is 0 Å². The highest BCUT2D eigenvalue weighted by Crippen LogP contribution is 2.23. The maximum atomic E-state index is 12.0. The summed E-state index contributed by atoms with van der Waals surface area (Å²) in [6.45, 7) is 4.88. The molecule has 0 fully saturated rings. The minimum atomic E-state index is 0.118. The van der Waals surface area contributed by atoms with Crippen molar-refractivity contribution >= 4 is 16.8 Å². The summed E-state index contributed by atoms with van der Waals surface area (Å²) in [5.74, 6) is 0.118. The summed E-state index contributed by atoms with van der Waals surface area (Å²) >= 11 is 0. The summed E-state index contributed by atoms with van der Waals surface area (Å²) in [5, 5.41) is 4.31. The fourth-order valence-corrected chi connectivity index (χ4v) is 3.14. The van der Waals surface area contributed by atoms with Crippen LogP contribution < -0.4 is 5.32 Å². The number of rotatable bonds is 6. The van der Waals surface area contributed by atoms with Gasteiger partial charge in [-0.1, -0.05) is 42.0 Å². The van der Waals surface area contributed by atoms with E-state index in [1.807, 2.05) is 18.2 Å². The molecular formula is C21H24N2O. The van der Waals surface area contributed by atoms with Crippen LogP contribution in [0.15, 0.2) is 48.5 Å². The summed E-state index contributed by atoms with van der Waals surface area (Å²) in [5.41, 5.74) is 6.12. The highest BCUT2D eigenvalue weighted by Gasteiger charge is 2.09. The molecule has 3 heteroatoms. The average Bonchev–Trinajstić information content (AvgIpc) is 2.89. The maximum absolute atomic E-state index is 12.0. The average molecular weight is 320 g/mol. The lowest BCUT2D eigenvalue weighted by Gasteiger charge is -2.06. The summed E-state index contributed by atoms with van der Waals surface area (Å²) in [7, 11) is 0. The van der Waals surface area contributed by atoms with Gasteiger partial charge in [0, 0.05) is 29.6 Å². The van der Waals surface area contributed by atoms with Gasteiger partial charge in [0.05, 0.1) is 0 Å². The van der Waals surface area contributed by atoms with Crippen LogP contribution in [0.25, 0.3) is 10.9 Å². The van der Waals surface area contributed by atoms with Gasteiger partial charge >= 0.3 is 0 Å². The highest BCUT2D eigenvalue weighted by molar-refractivity contribution is 5.85. The quantitative estimate of drug-likeness (QED) is 0.706. The Bertz CT molecular complexity index is 834. The second-order valence-electron chi connectivity index (χ2n) is 6.36. The first-order chi connectivity index (χ1) is 11.6. The number of H-pyrrole nitrogens is 1. The van der Waals surface area contributed by atoms with Gasteiger partial charge < -0.3 is 10.3 Å². The summed E-state index contributed by atoms with van der Waals surface area (Å²) in [6, 6.07) is 16.6. The number of carbonyl (C=O) groups is 1. The third kappa shape index (κ3) is 3.85. The smallest absolute Gasteiger partial charge is 0.220 e. The van der Waals surface area contributed by atoms with E-state index in [0.717, 1.165) is 12.8 Å². The molecule has 3 rings (SSSR count). The van der Waals surface area contributed by atoms with Gasteiger partial charge in [0.2, 0.25) is 5.91 Å². The summed E-state index contributed by atoms with van der Waals surface area (Å²) in [6.07, 6.45) is 2.18. The lowest BCUT2D eigenvalue weighted by Crippen LogP contribution is -2.26. The van der Waals surface area contributed by atoms with Gasteiger partial charge in [0.15, 0.2) is 0 Å². The van der Waals surface area contributed by atoms with Crippen LogP contribution >= 0.6 is 0 Å². The van der Waals surface area contributed by atoms with E-state index in [4.69, 9.17) is 0 Å². The number of nitrogens with one attached hydrogen (secondary N) is 2. The fourth-order valence-electron chi connectivity index (χ4n) is 3.14. The molecule has 0 spiro atoms. The molecule has 3 nitrogen and oxygen atoms in total. The maximum Gasteiger partial charge on any atom is 0.220 e. The molecule has 0 aliphatic heterocycles. The highest BCUT2D eigenvalue weighted by atomic mass is 16.1. The minimum absolute atomic E-state index is 0.118. The van der Waals surface area contributed by atoms with Crippen LogP contribution in [0.1, 0.15) is 28.8 Å². The fraction of sp³-hybridized carbons (Fsp3) is 0.286. The third-order valence-corrected chi connectivity index (χ3v) is 4.46. The van der Waals surface area contributed by atoms with E-state index >= 15 is 0 Å². The Hall–Kier alpha value is -2.55. The monoisotopic (exact) mass is 320 g/mol. The number of aryl methyl sites for hydroxylation is 3. The molecule has 0 atom stereocenters. The van der Waals surface area contributed by atoms with Crippen molar-refractivity contribution in [3.8, 4) is 0 Å². The molecule has 2 aromatic carbocycles. The van der Waals surface area contributed by atoms with Crippen LogP contribution in [-0.4, -0.2) is 17.4 Å².